The minimum atomic E-state index is -0.126. The first-order valence-electron chi connectivity index (χ1n) is 8.41. The third kappa shape index (κ3) is 3.75. The summed E-state index contributed by atoms with van der Waals surface area (Å²) in [5.41, 5.74) is 0.365. The second-order valence-corrected chi connectivity index (χ2v) is 8.21. The highest BCUT2D eigenvalue weighted by Gasteiger charge is 2.39. The molecule has 1 N–H and O–H groups in total. The molecule has 20 heavy (non-hydrogen) atoms. The number of hydrogen-bond donors (Lipinski definition) is 1. The summed E-state index contributed by atoms with van der Waals surface area (Å²) in [6.07, 6.45) is 4.43. The molecule has 1 aliphatic heterocycles. The van der Waals surface area contributed by atoms with Gasteiger partial charge < -0.3 is 10.0 Å². The zero-order valence-electron chi connectivity index (χ0n) is 14.1. The van der Waals surface area contributed by atoms with Gasteiger partial charge in [0.2, 0.25) is 0 Å². The third-order valence-corrected chi connectivity index (χ3v) is 5.53. The van der Waals surface area contributed by atoms with Crippen molar-refractivity contribution < 1.29 is 5.11 Å². The normalized spacial score (nSPS) is 38.7. The molecule has 0 aromatic heterocycles. The van der Waals surface area contributed by atoms with E-state index >= 15 is 0 Å². The van der Waals surface area contributed by atoms with Gasteiger partial charge in [0.05, 0.1) is 6.10 Å². The molecule has 2 fully saturated rings. The van der Waals surface area contributed by atoms with Crippen LogP contribution in [0.4, 0.5) is 0 Å². The first-order valence-corrected chi connectivity index (χ1v) is 8.41. The summed E-state index contributed by atoms with van der Waals surface area (Å²) < 4.78 is 0. The predicted octanol–water partition coefficient (Wildman–Crippen LogP) is 2.59. The highest BCUT2D eigenvalue weighted by atomic mass is 16.3. The Kier molecular flexibility index (Phi) is 5.14. The van der Waals surface area contributed by atoms with Gasteiger partial charge in [-0.25, -0.2) is 0 Å². The number of likely N-dealkylation sites (N-methyl/N-ethyl adjacent to an activating group) is 1. The van der Waals surface area contributed by atoms with Gasteiger partial charge >= 0.3 is 0 Å². The van der Waals surface area contributed by atoms with Crippen molar-refractivity contribution in [2.75, 3.05) is 26.7 Å². The minimum absolute atomic E-state index is 0.126. The maximum absolute atomic E-state index is 10.5. The average molecular weight is 282 g/mol. The molecular weight excluding hydrogens is 248 g/mol. The number of rotatable bonds is 1. The smallest absolute Gasteiger partial charge is 0.0695 e. The van der Waals surface area contributed by atoms with Gasteiger partial charge in [0.15, 0.2) is 0 Å². The van der Waals surface area contributed by atoms with Crippen LogP contribution in [0.3, 0.4) is 0 Å². The molecule has 3 nitrogen and oxygen atoms in total. The van der Waals surface area contributed by atoms with E-state index in [-0.39, 0.29) is 6.10 Å². The van der Waals surface area contributed by atoms with Crippen LogP contribution in [0.15, 0.2) is 0 Å². The Balaban J connectivity index is 2.08. The lowest BCUT2D eigenvalue weighted by atomic mass is 9.69. The summed E-state index contributed by atoms with van der Waals surface area (Å²) in [5, 5.41) is 10.5. The number of nitrogens with zero attached hydrogens (tertiary/aromatic N) is 2. The highest BCUT2D eigenvalue weighted by molar-refractivity contribution is 4.93. The molecule has 2 rings (SSSR count). The van der Waals surface area contributed by atoms with Crippen LogP contribution in [-0.4, -0.2) is 59.8 Å². The fourth-order valence-electron chi connectivity index (χ4n) is 4.16. The van der Waals surface area contributed by atoms with Crippen LogP contribution >= 0.6 is 0 Å². The van der Waals surface area contributed by atoms with Crippen LogP contribution < -0.4 is 0 Å². The molecule has 1 heterocycles. The van der Waals surface area contributed by atoms with E-state index in [1.165, 1.54) is 25.8 Å². The van der Waals surface area contributed by atoms with Gasteiger partial charge in [-0.15, -0.1) is 0 Å². The van der Waals surface area contributed by atoms with Crippen LogP contribution in [0, 0.1) is 11.3 Å². The summed E-state index contributed by atoms with van der Waals surface area (Å²) in [6.45, 7) is 12.8. The zero-order valence-corrected chi connectivity index (χ0v) is 14.1. The summed E-state index contributed by atoms with van der Waals surface area (Å²) >= 11 is 0. The fourth-order valence-corrected chi connectivity index (χ4v) is 4.16. The lowest BCUT2D eigenvalue weighted by molar-refractivity contribution is -0.0296. The Labute approximate surface area is 125 Å². The van der Waals surface area contributed by atoms with Gasteiger partial charge in [-0.2, -0.15) is 0 Å². The van der Waals surface area contributed by atoms with Crippen LogP contribution in [0.1, 0.15) is 53.4 Å². The molecule has 1 aliphatic carbocycles. The van der Waals surface area contributed by atoms with E-state index in [4.69, 9.17) is 0 Å². The number of aliphatic hydroxyl groups is 1. The van der Waals surface area contributed by atoms with Gasteiger partial charge in [-0.05, 0) is 57.5 Å². The molecular formula is C17H34N2O. The van der Waals surface area contributed by atoms with Gasteiger partial charge in [0.25, 0.3) is 0 Å². The Morgan fingerprint density at radius 3 is 2.45 bits per heavy atom. The average Bonchev–Trinajstić information content (AvgIpc) is 2.49. The quantitative estimate of drug-likeness (QED) is 0.801. The van der Waals surface area contributed by atoms with Crippen molar-refractivity contribution in [3.8, 4) is 0 Å². The van der Waals surface area contributed by atoms with Crippen LogP contribution in [0.5, 0.6) is 0 Å². The molecule has 3 heteroatoms. The van der Waals surface area contributed by atoms with Crippen LogP contribution in [0.25, 0.3) is 0 Å². The Bertz CT molecular complexity index is 313. The molecule has 1 saturated carbocycles. The molecule has 4 unspecified atom stereocenters. The first-order chi connectivity index (χ1) is 9.29. The van der Waals surface area contributed by atoms with Crippen molar-refractivity contribution in [1.82, 2.24) is 9.80 Å². The molecule has 0 radical (unpaired) electrons. The van der Waals surface area contributed by atoms with E-state index in [0.717, 1.165) is 25.4 Å². The highest BCUT2D eigenvalue weighted by Crippen LogP contribution is 2.40. The van der Waals surface area contributed by atoms with Gasteiger partial charge in [0, 0.05) is 25.2 Å². The monoisotopic (exact) mass is 282 g/mol. The molecule has 0 bridgehead atoms. The zero-order chi connectivity index (χ0) is 14.9. The molecule has 0 aromatic carbocycles. The summed E-state index contributed by atoms with van der Waals surface area (Å²) in [7, 11) is 2.22. The van der Waals surface area contributed by atoms with Crippen molar-refractivity contribution in [2.45, 2.75) is 71.6 Å². The number of hydrogen-bond acceptors (Lipinski definition) is 3. The standard InChI is InChI=1S/C17H34N2O/c1-13-12-18(5)9-6-10-19(13)15-11-14(17(2,3)4)7-8-16(15)20/h13-16,20H,6-12H2,1-5H3. The van der Waals surface area contributed by atoms with Crippen LogP contribution in [-0.2, 0) is 0 Å². The minimum Gasteiger partial charge on any atom is -0.391 e. The maximum atomic E-state index is 10.5. The molecule has 118 valence electrons. The number of aliphatic hydroxyl groups excluding tert-OH is 1. The molecule has 2 aliphatic rings. The van der Waals surface area contributed by atoms with E-state index in [9.17, 15) is 5.11 Å². The van der Waals surface area contributed by atoms with E-state index in [1.54, 1.807) is 0 Å². The second kappa shape index (κ2) is 6.33. The van der Waals surface area contributed by atoms with Crippen molar-refractivity contribution in [2.24, 2.45) is 11.3 Å². The van der Waals surface area contributed by atoms with Gasteiger partial charge in [-0.3, -0.25) is 4.90 Å². The SMILES string of the molecule is CC1CN(C)CCCN1C1CC(C(C)(C)C)CCC1O. The maximum Gasteiger partial charge on any atom is 0.0695 e. The van der Waals surface area contributed by atoms with E-state index in [2.05, 4.69) is 44.5 Å². The molecule has 0 spiro atoms. The van der Waals surface area contributed by atoms with E-state index in [1.807, 2.05) is 0 Å². The summed E-state index contributed by atoms with van der Waals surface area (Å²) in [6, 6.07) is 0.926. The van der Waals surface area contributed by atoms with Crippen molar-refractivity contribution in [3.05, 3.63) is 0 Å². The molecule has 0 amide bonds. The topological polar surface area (TPSA) is 26.7 Å². The first kappa shape index (κ1) is 16.3. The van der Waals surface area contributed by atoms with Crippen molar-refractivity contribution in [3.63, 3.8) is 0 Å². The fraction of sp³-hybridized carbons (Fsp3) is 1.00. The second-order valence-electron chi connectivity index (χ2n) is 8.21. The Morgan fingerprint density at radius 1 is 1.10 bits per heavy atom. The van der Waals surface area contributed by atoms with E-state index < -0.39 is 0 Å². The molecule has 4 atom stereocenters. The molecule has 1 saturated heterocycles. The summed E-state index contributed by atoms with van der Waals surface area (Å²) in [4.78, 5) is 5.03. The van der Waals surface area contributed by atoms with Gasteiger partial charge in [-0.1, -0.05) is 20.8 Å². The lowest BCUT2D eigenvalue weighted by Gasteiger charge is -2.46. The summed E-state index contributed by atoms with van der Waals surface area (Å²) in [5.74, 6) is 0.740. The Morgan fingerprint density at radius 2 is 1.80 bits per heavy atom. The van der Waals surface area contributed by atoms with E-state index in [0.29, 0.717) is 17.5 Å². The largest absolute Gasteiger partial charge is 0.391 e. The lowest BCUT2D eigenvalue weighted by Crippen LogP contribution is -2.53. The third-order valence-electron chi connectivity index (χ3n) is 5.53. The van der Waals surface area contributed by atoms with Crippen molar-refractivity contribution >= 4 is 0 Å². The van der Waals surface area contributed by atoms with Crippen molar-refractivity contribution in [1.29, 1.82) is 0 Å². The van der Waals surface area contributed by atoms with Crippen LogP contribution in [0.2, 0.25) is 0 Å². The predicted molar refractivity (Wildman–Crippen MR) is 84.9 cm³/mol. The Hall–Kier alpha value is -0.120. The molecule has 0 aromatic rings. The van der Waals surface area contributed by atoms with Gasteiger partial charge in [0.1, 0.15) is 0 Å².